The molecule has 3 rings (SSSR count). The molecule has 6 nitrogen and oxygen atoms in total. The number of carbonyl (C=O) groups excluding carboxylic acids is 1. The summed E-state index contributed by atoms with van der Waals surface area (Å²) in [5.74, 6) is 1.36. The molecular formula is C15H20N4O2S. The Morgan fingerprint density at radius 3 is 2.91 bits per heavy atom. The lowest BCUT2D eigenvalue weighted by molar-refractivity contribution is -0.128. The van der Waals surface area contributed by atoms with Gasteiger partial charge in [-0.2, -0.15) is 0 Å². The van der Waals surface area contributed by atoms with Crippen molar-refractivity contribution < 1.29 is 9.21 Å². The molecule has 3 heterocycles. The highest BCUT2D eigenvalue weighted by Gasteiger charge is 2.25. The fourth-order valence-electron chi connectivity index (χ4n) is 2.70. The second-order valence-electron chi connectivity index (χ2n) is 5.49. The second-order valence-corrected chi connectivity index (χ2v) is 6.44. The Labute approximate surface area is 133 Å². The lowest BCUT2D eigenvalue weighted by Crippen LogP contribution is -2.34. The summed E-state index contributed by atoms with van der Waals surface area (Å²) in [4.78, 5) is 16.7. The Morgan fingerprint density at radius 2 is 2.18 bits per heavy atom. The molecule has 2 aromatic rings. The van der Waals surface area contributed by atoms with Crippen molar-refractivity contribution in [2.75, 3.05) is 26.2 Å². The molecular weight excluding hydrogens is 300 g/mol. The number of amides is 1. The summed E-state index contributed by atoms with van der Waals surface area (Å²) in [5.41, 5.74) is 0. The summed E-state index contributed by atoms with van der Waals surface area (Å²) >= 11 is 1.59. The Morgan fingerprint density at radius 1 is 1.32 bits per heavy atom. The molecule has 7 heteroatoms. The molecule has 0 unspecified atom stereocenters. The first kappa shape index (κ1) is 15.2. The van der Waals surface area contributed by atoms with Crippen LogP contribution in [0.25, 0.3) is 10.8 Å². The van der Waals surface area contributed by atoms with Gasteiger partial charge in [0.1, 0.15) is 0 Å². The second kappa shape index (κ2) is 6.58. The highest BCUT2D eigenvalue weighted by molar-refractivity contribution is 7.13. The zero-order chi connectivity index (χ0) is 15.5. The maximum Gasteiger partial charge on any atom is 0.257 e. The molecule has 2 aromatic heterocycles. The number of hydrogen-bond acceptors (Lipinski definition) is 6. The minimum atomic E-state index is 0.0631. The quantitative estimate of drug-likeness (QED) is 0.869. The third-order valence-corrected chi connectivity index (χ3v) is 4.91. The predicted molar refractivity (Wildman–Crippen MR) is 84.5 cm³/mol. The van der Waals surface area contributed by atoms with E-state index in [1.54, 1.807) is 18.3 Å². The third kappa shape index (κ3) is 3.20. The largest absolute Gasteiger partial charge is 0.418 e. The first-order chi connectivity index (χ1) is 10.6. The van der Waals surface area contributed by atoms with Crippen LogP contribution in [-0.2, 0) is 4.79 Å². The smallest absolute Gasteiger partial charge is 0.257 e. The Hall–Kier alpha value is -1.73. The van der Waals surface area contributed by atoms with E-state index < -0.39 is 0 Å². The molecule has 0 aliphatic carbocycles. The van der Waals surface area contributed by atoms with Gasteiger partial charge in [0.05, 0.1) is 10.9 Å². The zero-order valence-electron chi connectivity index (χ0n) is 12.9. The standard InChI is InChI=1S/C15H20N4O2S/c1-11(18-6-4-7-19(9-8-18)12(2)20)14-16-17-15(21-14)13-5-3-10-22-13/h3,5,10-11H,4,6-9H2,1-2H3/t11-/m1/s1. The van der Waals surface area contributed by atoms with Gasteiger partial charge in [0, 0.05) is 33.1 Å². The average molecular weight is 320 g/mol. The van der Waals surface area contributed by atoms with Gasteiger partial charge in [-0.05, 0) is 24.8 Å². The number of hydrogen-bond donors (Lipinski definition) is 0. The van der Waals surface area contributed by atoms with Crippen molar-refractivity contribution in [3.8, 4) is 10.8 Å². The minimum absolute atomic E-state index is 0.0631. The van der Waals surface area contributed by atoms with Gasteiger partial charge < -0.3 is 9.32 Å². The fraction of sp³-hybridized carbons (Fsp3) is 0.533. The van der Waals surface area contributed by atoms with Crippen molar-refractivity contribution in [2.45, 2.75) is 26.3 Å². The van der Waals surface area contributed by atoms with Gasteiger partial charge >= 0.3 is 0 Å². The van der Waals surface area contributed by atoms with Crippen molar-refractivity contribution in [2.24, 2.45) is 0 Å². The molecule has 1 fully saturated rings. The van der Waals surface area contributed by atoms with Crippen LogP contribution in [0, 0.1) is 0 Å². The van der Waals surface area contributed by atoms with Crippen LogP contribution in [0.5, 0.6) is 0 Å². The Balaban J connectivity index is 1.68. The van der Waals surface area contributed by atoms with Crippen LogP contribution in [0.3, 0.4) is 0 Å². The van der Waals surface area contributed by atoms with Crippen molar-refractivity contribution in [3.05, 3.63) is 23.4 Å². The van der Waals surface area contributed by atoms with Crippen molar-refractivity contribution in [3.63, 3.8) is 0 Å². The summed E-state index contributed by atoms with van der Waals surface area (Å²) < 4.78 is 5.82. The van der Waals surface area contributed by atoms with Gasteiger partial charge in [0.25, 0.3) is 5.89 Å². The van der Waals surface area contributed by atoms with Crippen LogP contribution in [0.2, 0.25) is 0 Å². The molecule has 0 spiro atoms. The van der Waals surface area contributed by atoms with Crippen LogP contribution < -0.4 is 0 Å². The number of aromatic nitrogens is 2. The molecule has 0 saturated carbocycles. The molecule has 1 aliphatic rings. The Bertz CT molecular complexity index is 625. The molecule has 1 atom stereocenters. The lowest BCUT2D eigenvalue weighted by Gasteiger charge is -2.25. The average Bonchev–Trinajstić information content (AvgIpc) is 3.12. The molecule has 22 heavy (non-hydrogen) atoms. The monoisotopic (exact) mass is 320 g/mol. The van der Waals surface area contributed by atoms with Crippen LogP contribution in [0.1, 0.15) is 32.2 Å². The molecule has 1 aliphatic heterocycles. The van der Waals surface area contributed by atoms with Crippen molar-refractivity contribution in [1.29, 1.82) is 0 Å². The fourth-order valence-corrected chi connectivity index (χ4v) is 3.34. The predicted octanol–water partition coefficient (Wildman–Crippen LogP) is 2.41. The normalized spacial score (nSPS) is 18.2. The maximum atomic E-state index is 11.5. The zero-order valence-corrected chi connectivity index (χ0v) is 13.7. The molecule has 0 aromatic carbocycles. The molecule has 1 saturated heterocycles. The van der Waals surface area contributed by atoms with E-state index in [9.17, 15) is 4.79 Å². The van der Waals surface area contributed by atoms with E-state index in [-0.39, 0.29) is 11.9 Å². The summed E-state index contributed by atoms with van der Waals surface area (Å²) in [5, 5.41) is 10.3. The Kier molecular flexibility index (Phi) is 4.54. The van der Waals surface area contributed by atoms with E-state index >= 15 is 0 Å². The molecule has 0 radical (unpaired) electrons. The van der Waals surface area contributed by atoms with E-state index in [0.29, 0.717) is 11.8 Å². The number of thiophene rings is 1. The minimum Gasteiger partial charge on any atom is -0.418 e. The van der Waals surface area contributed by atoms with E-state index in [1.807, 2.05) is 22.4 Å². The third-order valence-electron chi connectivity index (χ3n) is 4.05. The van der Waals surface area contributed by atoms with Crippen LogP contribution in [0.4, 0.5) is 0 Å². The van der Waals surface area contributed by atoms with E-state index in [4.69, 9.17) is 4.42 Å². The number of rotatable bonds is 3. The van der Waals surface area contributed by atoms with Gasteiger partial charge in [-0.15, -0.1) is 21.5 Å². The van der Waals surface area contributed by atoms with E-state index in [0.717, 1.165) is 37.5 Å². The van der Waals surface area contributed by atoms with E-state index in [2.05, 4.69) is 22.0 Å². The molecule has 118 valence electrons. The van der Waals surface area contributed by atoms with Gasteiger partial charge in [0.2, 0.25) is 11.8 Å². The summed E-state index contributed by atoms with van der Waals surface area (Å²) in [6, 6.07) is 4.01. The van der Waals surface area contributed by atoms with Crippen LogP contribution in [0.15, 0.2) is 21.9 Å². The van der Waals surface area contributed by atoms with E-state index in [1.165, 1.54) is 0 Å². The molecule has 0 bridgehead atoms. The van der Waals surface area contributed by atoms with Gasteiger partial charge in [-0.25, -0.2) is 0 Å². The van der Waals surface area contributed by atoms with Gasteiger partial charge in [-0.1, -0.05) is 6.07 Å². The maximum absolute atomic E-state index is 11.5. The highest BCUT2D eigenvalue weighted by atomic mass is 32.1. The number of carbonyl (C=O) groups is 1. The highest BCUT2D eigenvalue weighted by Crippen LogP contribution is 2.27. The van der Waals surface area contributed by atoms with Crippen LogP contribution in [-0.4, -0.2) is 52.1 Å². The molecule has 1 amide bonds. The summed E-state index contributed by atoms with van der Waals surface area (Å²) in [7, 11) is 0. The summed E-state index contributed by atoms with van der Waals surface area (Å²) in [6.45, 7) is 7.05. The summed E-state index contributed by atoms with van der Waals surface area (Å²) in [6.07, 6.45) is 0.968. The van der Waals surface area contributed by atoms with Crippen molar-refractivity contribution in [1.82, 2.24) is 20.0 Å². The topological polar surface area (TPSA) is 62.5 Å². The SMILES string of the molecule is CC(=O)N1CCCN([C@H](C)c2nnc(-c3cccs3)o2)CC1. The van der Waals surface area contributed by atoms with Crippen LogP contribution >= 0.6 is 11.3 Å². The lowest BCUT2D eigenvalue weighted by atomic mass is 10.2. The first-order valence-electron chi connectivity index (χ1n) is 7.52. The number of nitrogens with zero attached hydrogens (tertiary/aromatic N) is 4. The van der Waals surface area contributed by atoms with Gasteiger partial charge in [0.15, 0.2) is 0 Å². The van der Waals surface area contributed by atoms with Gasteiger partial charge in [-0.3, -0.25) is 9.69 Å². The first-order valence-corrected chi connectivity index (χ1v) is 8.40. The molecule has 0 N–H and O–H groups in total. The van der Waals surface area contributed by atoms with Crippen molar-refractivity contribution >= 4 is 17.2 Å².